The quantitative estimate of drug-likeness (QED) is 0.781. The molecule has 0 aliphatic carbocycles. The highest BCUT2D eigenvalue weighted by Gasteiger charge is 2.15. The molecule has 2 rings (SSSR count). The van der Waals surface area contributed by atoms with Gasteiger partial charge in [-0.1, -0.05) is 18.1 Å². The maximum atomic E-state index is 12.3. The first-order valence-electron chi connectivity index (χ1n) is 7.75. The van der Waals surface area contributed by atoms with E-state index in [0.29, 0.717) is 11.3 Å². The molecule has 0 unspecified atom stereocenters. The Kier molecular flexibility index (Phi) is 5.97. The van der Waals surface area contributed by atoms with Crippen molar-refractivity contribution < 1.29 is 13.2 Å². The molecule has 5 nitrogen and oxygen atoms in total. The minimum atomic E-state index is -3.64. The van der Waals surface area contributed by atoms with Crippen LogP contribution in [0.4, 0.5) is 5.69 Å². The molecule has 2 aromatic carbocycles. The van der Waals surface area contributed by atoms with Crippen molar-refractivity contribution in [2.75, 3.05) is 11.9 Å². The van der Waals surface area contributed by atoms with Crippen LogP contribution in [-0.4, -0.2) is 20.9 Å². The molecule has 0 spiro atoms. The molecule has 6 heteroatoms. The predicted molar refractivity (Wildman–Crippen MR) is 98.7 cm³/mol. The number of benzene rings is 2. The fourth-order valence-corrected chi connectivity index (χ4v) is 3.29. The second kappa shape index (κ2) is 7.97. The molecule has 0 aliphatic heterocycles. The summed E-state index contributed by atoms with van der Waals surface area (Å²) in [7, 11) is -3.64. The van der Waals surface area contributed by atoms with E-state index in [-0.39, 0.29) is 23.8 Å². The lowest BCUT2D eigenvalue weighted by atomic mass is 10.1. The third-order valence-electron chi connectivity index (χ3n) is 3.75. The molecule has 1 amide bonds. The largest absolute Gasteiger partial charge is 0.326 e. The number of nitrogens with one attached hydrogen (secondary N) is 2. The Hall–Kier alpha value is -2.62. The summed E-state index contributed by atoms with van der Waals surface area (Å²) in [5.74, 6) is 2.19. The number of aryl methyl sites for hydroxylation is 2. The maximum Gasteiger partial charge on any atom is 0.240 e. The van der Waals surface area contributed by atoms with Crippen LogP contribution in [-0.2, 0) is 14.8 Å². The summed E-state index contributed by atoms with van der Waals surface area (Å²) < 4.78 is 26.9. The summed E-state index contributed by atoms with van der Waals surface area (Å²) in [5.41, 5.74) is 3.16. The molecule has 0 saturated carbocycles. The summed E-state index contributed by atoms with van der Waals surface area (Å²) in [6, 6.07) is 11.8. The Morgan fingerprint density at radius 3 is 2.56 bits per heavy atom. The van der Waals surface area contributed by atoms with Gasteiger partial charge in [0.05, 0.1) is 4.90 Å². The first kappa shape index (κ1) is 18.7. The van der Waals surface area contributed by atoms with Crippen LogP contribution in [0.2, 0.25) is 0 Å². The number of carbonyl (C=O) groups is 1. The summed E-state index contributed by atoms with van der Waals surface area (Å²) >= 11 is 0. The Balaban J connectivity index is 1.91. The number of amides is 1. The fourth-order valence-electron chi connectivity index (χ4n) is 2.17. The molecule has 2 N–H and O–H groups in total. The second-order valence-corrected chi connectivity index (χ2v) is 7.43. The van der Waals surface area contributed by atoms with Gasteiger partial charge < -0.3 is 5.32 Å². The van der Waals surface area contributed by atoms with Gasteiger partial charge >= 0.3 is 0 Å². The Morgan fingerprint density at radius 1 is 1.12 bits per heavy atom. The molecule has 2 aromatic rings. The monoisotopic (exact) mass is 356 g/mol. The lowest BCUT2D eigenvalue weighted by Crippen LogP contribution is -2.28. The normalized spacial score (nSPS) is 10.9. The van der Waals surface area contributed by atoms with Gasteiger partial charge in [0.2, 0.25) is 15.9 Å². The lowest BCUT2D eigenvalue weighted by Gasteiger charge is -2.09. The van der Waals surface area contributed by atoms with Crippen LogP contribution in [0.3, 0.4) is 0 Å². The van der Waals surface area contributed by atoms with E-state index >= 15 is 0 Å². The molecular formula is C19H20N2O3S. The van der Waals surface area contributed by atoms with E-state index in [1.807, 2.05) is 13.8 Å². The van der Waals surface area contributed by atoms with E-state index in [1.54, 1.807) is 42.5 Å². The van der Waals surface area contributed by atoms with Crippen LogP contribution >= 0.6 is 0 Å². The van der Waals surface area contributed by atoms with Gasteiger partial charge in [-0.05, 0) is 55.3 Å². The first-order valence-corrected chi connectivity index (χ1v) is 9.23. The van der Waals surface area contributed by atoms with Crippen molar-refractivity contribution in [1.82, 2.24) is 4.72 Å². The standard InChI is InChI=1S/C19H20N2O3S/c1-4-16-6-5-7-17(13-16)21-19(22)10-11-20-25(23,24)18-9-8-14(2)15(3)12-18/h1,5-9,12-13,20H,10-11H2,2-3H3,(H,21,22). The van der Waals surface area contributed by atoms with Crippen LogP contribution in [0, 0.1) is 26.2 Å². The average Bonchev–Trinajstić information content (AvgIpc) is 2.57. The molecule has 130 valence electrons. The summed E-state index contributed by atoms with van der Waals surface area (Å²) in [6.07, 6.45) is 5.33. The van der Waals surface area contributed by atoms with Crippen LogP contribution in [0.5, 0.6) is 0 Å². The summed E-state index contributed by atoms with van der Waals surface area (Å²) in [4.78, 5) is 12.1. The second-order valence-electron chi connectivity index (χ2n) is 5.67. The van der Waals surface area contributed by atoms with E-state index in [1.165, 1.54) is 0 Å². The summed E-state index contributed by atoms with van der Waals surface area (Å²) in [6.45, 7) is 3.78. The highest BCUT2D eigenvalue weighted by Crippen LogP contribution is 2.14. The minimum Gasteiger partial charge on any atom is -0.326 e. The molecule has 0 saturated heterocycles. The SMILES string of the molecule is C#Cc1cccc(NC(=O)CCNS(=O)(=O)c2ccc(C)c(C)c2)c1. The fraction of sp³-hybridized carbons (Fsp3) is 0.211. The number of sulfonamides is 1. The van der Waals surface area contributed by atoms with Gasteiger partial charge in [-0.15, -0.1) is 6.42 Å². The van der Waals surface area contributed by atoms with Gasteiger partial charge in [0, 0.05) is 24.2 Å². The average molecular weight is 356 g/mol. The smallest absolute Gasteiger partial charge is 0.240 e. The number of carbonyl (C=O) groups excluding carboxylic acids is 1. The molecule has 0 heterocycles. The number of rotatable bonds is 6. The molecule has 0 aromatic heterocycles. The summed E-state index contributed by atoms with van der Waals surface area (Å²) in [5, 5.41) is 2.69. The van der Waals surface area contributed by atoms with Crippen molar-refractivity contribution >= 4 is 21.6 Å². The van der Waals surface area contributed by atoms with Gasteiger partial charge in [-0.3, -0.25) is 4.79 Å². The number of terminal acetylenes is 1. The topological polar surface area (TPSA) is 75.3 Å². The zero-order valence-corrected chi connectivity index (χ0v) is 15.0. The van der Waals surface area contributed by atoms with Crippen LogP contribution in [0.15, 0.2) is 47.4 Å². The Morgan fingerprint density at radius 2 is 1.88 bits per heavy atom. The predicted octanol–water partition coefficient (Wildman–Crippen LogP) is 2.59. The van der Waals surface area contributed by atoms with E-state index in [0.717, 1.165) is 11.1 Å². The van der Waals surface area contributed by atoms with Gasteiger partial charge in [-0.25, -0.2) is 13.1 Å². The maximum absolute atomic E-state index is 12.3. The van der Waals surface area contributed by atoms with E-state index in [9.17, 15) is 13.2 Å². The number of anilines is 1. The lowest BCUT2D eigenvalue weighted by molar-refractivity contribution is -0.116. The highest BCUT2D eigenvalue weighted by molar-refractivity contribution is 7.89. The zero-order chi connectivity index (χ0) is 18.4. The van der Waals surface area contributed by atoms with Crippen LogP contribution in [0.25, 0.3) is 0 Å². The Labute approximate surface area is 148 Å². The van der Waals surface area contributed by atoms with Gasteiger partial charge in [-0.2, -0.15) is 0 Å². The van der Waals surface area contributed by atoms with Gasteiger partial charge in [0.1, 0.15) is 0 Å². The van der Waals surface area contributed by atoms with Crippen molar-refractivity contribution in [3.8, 4) is 12.3 Å². The van der Waals surface area contributed by atoms with Crippen molar-refractivity contribution in [2.45, 2.75) is 25.2 Å². The molecule has 0 aliphatic rings. The number of hydrogen-bond donors (Lipinski definition) is 2. The zero-order valence-electron chi connectivity index (χ0n) is 14.2. The molecule has 0 atom stereocenters. The third-order valence-corrected chi connectivity index (χ3v) is 5.20. The van der Waals surface area contributed by atoms with Crippen LogP contribution < -0.4 is 10.0 Å². The minimum absolute atomic E-state index is 0.00984. The molecule has 0 radical (unpaired) electrons. The van der Waals surface area contributed by atoms with Crippen molar-refractivity contribution in [1.29, 1.82) is 0 Å². The highest BCUT2D eigenvalue weighted by atomic mass is 32.2. The van der Waals surface area contributed by atoms with E-state index in [2.05, 4.69) is 16.0 Å². The van der Waals surface area contributed by atoms with Crippen molar-refractivity contribution in [2.24, 2.45) is 0 Å². The van der Waals surface area contributed by atoms with Gasteiger partial charge in [0.15, 0.2) is 0 Å². The van der Waals surface area contributed by atoms with Crippen molar-refractivity contribution in [3.05, 3.63) is 59.2 Å². The Bertz CT molecular complexity index is 928. The molecule has 0 bridgehead atoms. The third kappa shape index (κ3) is 5.18. The molecule has 25 heavy (non-hydrogen) atoms. The van der Waals surface area contributed by atoms with E-state index < -0.39 is 10.0 Å². The first-order chi connectivity index (χ1) is 11.8. The molecule has 0 fully saturated rings. The molecular weight excluding hydrogens is 336 g/mol. The van der Waals surface area contributed by atoms with Crippen molar-refractivity contribution in [3.63, 3.8) is 0 Å². The van der Waals surface area contributed by atoms with Crippen LogP contribution in [0.1, 0.15) is 23.1 Å². The number of hydrogen-bond acceptors (Lipinski definition) is 3. The van der Waals surface area contributed by atoms with E-state index in [4.69, 9.17) is 6.42 Å². The van der Waals surface area contributed by atoms with Gasteiger partial charge in [0.25, 0.3) is 0 Å².